The van der Waals surface area contributed by atoms with Crippen molar-refractivity contribution >= 4 is 23.8 Å². The summed E-state index contributed by atoms with van der Waals surface area (Å²) < 4.78 is 4.58. The van der Waals surface area contributed by atoms with Crippen LogP contribution < -0.4 is 22.1 Å². The number of phenolic OH excluding ortho intramolecular Hbond substituents is 1. The van der Waals surface area contributed by atoms with E-state index in [0.29, 0.717) is 19.4 Å². The third-order valence-corrected chi connectivity index (χ3v) is 5.24. The molecular weight excluding hydrogens is 512 g/mol. The number of nitrogens with one attached hydrogen (secondary N) is 2. The molecule has 7 N–H and O–H groups in total. The smallest absolute Gasteiger partial charge is 0.405 e. The Labute approximate surface area is 237 Å². The van der Waals surface area contributed by atoms with Crippen molar-refractivity contribution in [1.29, 1.82) is 0 Å². The first-order valence-electron chi connectivity index (χ1n) is 13.2. The van der Waals surface area contributed by atoms with Gasteiger partial charge in [0.05, 0.1) is 0 Å². The molecule has 10 heteroatoms. The molecule has 1 atom stereocenters. The number of phenols is 1. The molecule has 0 radical (unpaired) electrons. The van der Waals surface area contributed by atoms with Crippen molar-refractivity contribution in [3.05, 3.63) is 64.7 Å². The number of hydrogen-bond donors (Lipinski definition) is 5. The lowest BCUT2D eigenvalue weighted by Crippen LogP contribution is -2.45. The van der Waals surface area contributed by atoms with Gasteiger partial charge >= 0.3 is 6.09 Å². The maximum atomic E-state index is 12.2. The van der Waals surface area contributed by atoms with Gasteiger partial charge in [0.15, 0.2) is 0 Å². The van der Waals surface area contributed by atoms with Crippen molar-refractivity contribution in [2.75, 3.05) is 6.54 Å². The Bertz CT molecular complexity index is 1070. The van der Waals surface area contributed by atoms with E-state index in [-0.39, 0.29) is 23.5 Å². The van der Waals surface area contributed by atoms with E-state index in [1.165, 1.54) is 12.5 Å². The van der Waals surface area contributed by atoms with Gasteiger partial charge in [-0.05, 0) is 95.2 Å². The Morgan fingerprint density at radius 3 is 1.95 bits per heavy atom. The van der Waals surface area contributed by atoms with Gasteiger partial charge in [-0.2, -0.15) is 0 Å². The minimum Gasteiger partial charge on any atom is -0.508 e. The molecule has 0 aliphatic carbocycles. The summed E-state index contributed by atoms with van der Waals surface area (Å²) in [6.07, 6.45) is 1.92. The molecule has 0 bridgehead atoms. The Morgan fingerprint density at radius 2 is 1.50 bits per heavy atom. The highest BCUT2D eigenvalue weighted by molar-refractivity contribution is 5.87. The maximum absolute atomic E-state index is 12.2. The largest absolute Gasteiger partial charge is 0.508 e. The van der Waals surface area contributed by atoms with Gasteiger partial charge in [-0.3, -0.25) is 14.4 Å². The van der Waals surface area contributed by atoms with E-state index in [9.17, 15) is 24.3 Å². The van der Waals surface area contributed by atoms with Crippen LogP contribution in [0.5, 0.6) is 5.75 Å². The Balaban J connectivity index is 0.00000106. The first-order valence-corrected chi connectivity index (χ1v) is 13.2. The molecule has 1 unspecified atom stereocenters. The number of aryl methyl sites for hydroxylation is 3. The van der Waals surface area contributed by atoms with E-state index in [0.717, 1.165) is 29.5 Å². The molecule has 2 aromatic carbocycles. The number of ether oxygens (including phenoxy) is 1. The lowest BCUT2D eigenvalue weighted by Gasteiger charge is -2.16. The molecule has 0 aliphatic heterocycles. The fourth-order valence-electron chi connectivity index (χ4n) is 3.59. The first-order chi connectivity index (χ1) is 18.5. The molecule has 0 heterocycles. The summed E-state index contributed by atoms with van der Waals surface area (Å²) in [7, 11) is 0. The second-order valence-electron chi connectivity index (χ2n) is 10.4. The highest BCUT2D eigenvalue weighted by atomic mass is 16.6. The summed E-state index contributed by atoms with van der Waals surface area (Å²) in [4.78, 5) is 43.6. The van der Waals surface area contributed by atoms with Crippen molar-refractivity contribution in [1.82, 2.24) is 10.6 Å². The predicted octanol–water partition coefficient (Wildman–Crippen LogP) is 3.57. The average molecular weight is 559 g/mol. The Hall–Kier alpha value is -4.08. The standard InChI is InChI=1S/C23H30N2O3.C5H11NO2.C2H5NO/c1-16-14-20(26)15-17(2)21(16)11-12-22(27)25-18(3)23(28)24-13-7-10-19-8-5-4-6-9-19;1-5(2,3)8-4(6)7;1-2(3)4/h4-6,8-9,14-15,18,26H,7,10-13H2,1-3H3,(H,24,28)(H,25,27);1-3H3,(H2,6,7);1H3,(H2,3,4). The zero-order valence-corrected chi connectivity index (χ0v) is 24.8. The maximum Gasteiger partial charge on any atom is 0.405 e. The van der Waals surface area contributed by atoms with Crippen LogP contribution >= 0.6 is 0 Å². The molecule has 222 valence electrons. The third kappa shape index (κ3) is 18.2. The summed E-state index contributed by atoms with van der Waals surface area (Å²) in [5.74, 6) is -0.419. The highest BCUT2D eigenvalue weighted by Crippen LogP contribution is 2.21. The zero-order chi connectivity index (χ0) is 30.9. The third-order valence-electron chi connectivity index (χ3n) is 5.24. The van der Waals surface area contributed by atoms with Crippen molar-refractivity contribution < 1.29 is 29.0 Å². The molecule has 0 saturated heterocycles. The van der Waals surface area contributed by atoms with Gasteiger partial charge in [-0.1, -0.05) is 30.3 Å². The minimum atomic E-state index is -0.725. The van der Waals surface area contributed by atoms with E-state index in [1.807, 2.05) is 32.0 Å². The van der Waals surface area contributed by atoms with E-state index in [2.05, 4.69) is 33.2 Å². The number of carbonyl (C=O) groups is 4. The summed E-state index contributed by atoms with van der Waals surface area (Å²) in [5, 5.41) is 15.2. The lowest BCUT2D eigenvalue weighted by molar-refractivity contribution is -0.128. The summed E-state index contributed by atoms with van der Waals surface area (Å²) in [6, 6.07) is 13.0. The molecule has 4 amide bonds. The zero-order valence-electron chi connectivity index (χ0n) is 24.8. The highest BCUT2D eigenvalue weighted by Gasteiger charge is 2.16. The first kappa shape index (κ1) is 35.9. The van der Waals surface area contributed by atoms with Crippen LogP contribution in [0.4, 0.5) is 4.79 Å². The van der Waals surface area contributed by atoms with Gasteiger partial charge in [0, 0.05) is 19.9 Å². The Morgan fingerprint density at radius 1 is 0.975 bits per heavy atom. The lowest BCUT2D eigenvalue weighted by atomic mass is 9.98. The number of aromatic hydroxyl groups is 1. The van der Waals surface area contributed by atoms with Gasteiger partial charge in [-0.25, -0.2) is 4.79 Å². The van der Waals surface area contributed by atoms with Gasteiger partial charge < -0.3 is 31.9 Å². The number of nitrogens with two attached hydrogens (primary N) is 2. The average Bonchev–Trinajstić information content (AvgIpc) is 2.80. The van der Waals surface area contributed by atoms with Gasteiger partial charge in [-0.15, -0.1) is 0 Å². The van der Waals surface area contributed by atoms with Crippen LogP contribution in [0.25, 0.3) is 0 Å². The summed E-state index contributed by atoms with van der Waals surface area (Å²) in [5.41, 5.74) is 13.0. The van der Waals surface area contributed by atoms with Crippen molar-refractivity contribution in [2.24, 2.45) is 11.5 Å². The van der Waals surface area contributed by atoms with Gasteiger partial charge in [0.2, 0.25) is 17.7 Å². The molecule has 2 aromatic rings. The monoisotopic (exact) mass is 558 g/mol. The number of hydrogen-bond acceptors (Lipinski definition) is 6. The Kier molecular flexibility index (Phi) is 16.4. The van der Waals surface area contributed by atoms with E-state index >= 15 is 0 Å². The number of rotatable bonds is 9. The van der Waals surface area contributed by atoms with Gasteiger partial charge in [0.25, 0.3) is 0 Å². The predicted molar refractivity (Wildman–Crippen MR) is 157 cm³/mol. The minimum absolute atomic E-state index is 0.154. The molecule has 2 rings (SSSR count). The number of primary amides is 2. The van der Waals surface area contributed by atoms with Crippen molar-refractivity contribution in [3.63, 3.8) is 0 Å². The van der Waals surface area contributed by atoms with Crippen LogP contribution in [-0.2, 0) is 32.0 Å². The number of amides is 4. The van der Waals surface area contributed by atoms with Crippen LogP contribution in [-0.4, -0.2) is 47.1 Å². The van der Waals surface area contributed by atoms with Crippen LogP contribution in [0.2, 0.25) is 0 Å². The van der Waals surface area contributed by atoms with Crippen LogP contribution in [0.1, 0.15) is 69.7 Å². The van der Waals surface area contributed by atoms with E-state index in [1.54, 1.807) is 39.8 Å². The second kappa shape index (κ2) is 18.3. The molecule has 10 nitrogen and oxygen atoms in total. The molecule has 0 spiro atoms. The fourth-order valence-corrected chi connectivity index (χ4v) is 3.59. The summed E-state index contributed by atoms with van der Waals surface area (Å²) >= 11 is 0. The van der Waals surface area contributed by atoms with Crippen molar-refractivity contribution in [3.8, 4) is 5.75 Å². The SMILES string of the molecule is CC(C)(C)OC(N)=O.CC(N)=O.Cc1cc(O)cc(C)c1CCC(=O)NC(C)C(=O)NCCCc1ccccc1. The van der Waals surface area contributed by atoms with Gasteiger partial charge in [0.1, 0.15) is 17.4 Å². The molecular formula is C30H46N4O6. The molecule has 0 aliphatic rings. The van der Waals surface area contributed by atoms with Crippen LogP contribution in [0.15, 0.2) is 42.5 Å². The summed E-state index contributed by atoms with van der Waals surface area (Å²) in [6.45, 7) is 12.7. The van der Waals surface area contributed by atoms with E-state index in [4.69, 9.17) is 5.73 Å². The van der Waals surface area contributed by atoms with Crippen LogP contribution in [0.3, 0.4) is 0 Å². The molecule has 40 heavy (non-hydrogen) atoms. The topological polar surface area (TPSA) is 174 Å². The second-order valence-corrected chi connectivity index (χ2v) is 10.4. The van der Waals surface area contributed by atoms with Crippen LogP contribution in [0, 0.1) is 13.8 Å². The molecule has 0 fully saturated rings. The van der Waals surface area contributed by atoms with E-state index < -0.39 is 17.7 Å². The number of carbonyl (C=O) groups excluding carboxylic acids is 4. The normalized spacial score (nSPS) is 11.0. The van der Waals surface area contributed by atoms with Crippen molar-refractivity contribution in [2.45, 2.75) is 85.8 Å². The fraction of sp³-hybridized carbons (Fsp3) is 0.467. The molecule has 0 saturated carbocycles. The quantitative estimate of drug-likeness (QED) is 0.294. The number of benzene rings is 2. The molecule has 0 aromatic heterocycles.